The third-order valence-electron chi connectivity index (χ3n) is 5.21. The number of amides is 1. The summed E-state index contributed by atoms with van der Waals surface area (Å²) < 4.78 is 7.20. The van der Waals surface area contributed by atoms with Gasteiger partial charge < -0.3 is 14.6 Å². The van der Waals surface area contributed by atoms with Gasteiger partial charge >= 0.3 is 0 Å². The summed E-state index contributed by atoms with van der Waals surface area (Å²) in [6.07, 6.45) is 11.8. The first kappa shape index (κ1) is 22.4. The van der Waals surface area contributed by atoms with Crippen molar-refractivity contribution in [1.82, 2.24) is 14.9 Å². The number of hydrogen-bond donors (Lipinski definition) is 1. The Kier molecular flexibility index (Phi) is 10.0. The van der Waals surface area contributed by atoms with Gasteiger partial charge in [-0.15, -0.1) is 0 Å². The number of aromatic nitrogens is 2. The van der Waals surface area contributed by atoms with Crippen LogP contribution in [0.25, 0.3) is 11.0 Å². The standard InChI is InChI=1S/C23H37N3O2/c1-4-5-6-7-8-9-10-11-14-17-26-21-16-13-12-15-20(21)25-23(26)19(2)24-22(27)18-28-3/h12-13,15-16,19H,4-11,14,17-18H2,1-3H3,(H,24,27). The van der Waals surface area contributed by atoms with Gasteiger partial charge in [-0.05, 0) is 25.5 Å². The summed E-state index contributed by atoms with van der Waals surface area (Å²) in [5.41, 5.74) is 2.13. The van der Waals surface area contributed by atoms with Crippen molar-refractivity contribution in [3.05, 3.63) is 30.1 Å². The summed E-state index contributed by atoms with van der Waals surface area (Å²) in [6.45, 7) is 5.26. The summed E-state index contributed by atoms with van der Waals surface area (Å²) in [4.78, 5) is 16.7. The first-order valence-corrected chi connectivity index (χ1v) is 10.9. The van der Waals surface area contributed by atoms with E-state index in [1.807, 2.05) is 19.1 Å². The van der Waals surface area contributed by atoms with Gasteiger partial charge in [-0.3, -0.25) is 4.79 Å². The van der Waals surface area contributed by atoms with Crippen molar-refractivity contribution >= 4 is 16.9 Å². The van der Waals surface area contributed by atoms with E-state index in [0.29, 0.717) is 0 Å². The average molecular weight is 388 g/mol. The van der Waals surface area contributed by atoms with Crippen molar-refractivity contribution in [2.24, 2.45) is 0 Å². The smallest absolute Gasteiger partial charge is 0.246 e. The first-order valence-electron chi connectivity index (χ1n) is 10.9. The maximum absolute atomic E-state index is 11.9. The van der Waals surface area contributed by atoms with Crippen LogP contribution in [0, 0.1) is 0 Å². The van der Waals surface area contributed by atoms with Crippen LogP contribution in [0.3, 0.4) is 0 Å². The molecule has 1 amide bonds. The molecular weight excluding hydrogens is 350 g/mol. The molecule has 1 N–H and O–H groups in total. The Labute approximate surface area is 169 Å². The third kappa shape index (κ3) is 6.93. The third-order valence-corrected chi connectivity index (χ3v) is 5.21. The van der Waals surface area contributed by atoms with Crippen molar-refractivity contribution in [3.8, 4) is 0 Å². The molecule has 0 spiro atoms. The van der Waals surface area contributed by atoms with Gasteiger partial charge in [0.05, 0.1) is 17.1 Å². The van der Waals surface area contributed by atoms with Gasteiger partial charge in [0.1, 0.15) is 12.4 Å². The maximum Gasteiger partial charge on any atom is 0.246 e. The summed E-state index contributed by atoms with van der Waals surface area (Å²) in [5.74, 6) is 0.807. The topological polar surface area (TPSA) is 56.2 Å². The van der Waals surface area contributed by atoms with E-state index in [1.54, 1.807) is 0 Å². The summed E-state index contributed by atoms with van der Waals surface area (Å²) in [5, 5.41) is 2.99. The zero-order valence-corrected chi connectivity index (χ0v) is 17.9. The highest BCUT2D eigenvalue weighted by Crippen LogP contribution is 2.22. The van der Waals surface area contributed by atoms with Crippen LogP contribution in [0.4, 0.5) is 0 Å². The number of benzene rings is 1. The van der Waals surface area contributed by atoms with E-state index >= 15 is 0 Å². The molecule has 0 saturated carbocycles. The molecule has 1 aromatic carbocycles. The molecule has 28 heavy (non-hydrogen) atoms. The number of carbonyl (C=O) groups is 1. The van der Waals surface area contributed by atoms with Crippen LogP contribution in [0.1, 0.15) is 83.5 Å². The van der Waals surface area contributed by atoms with Crippen LogP contribution in [0.5, 0.6) is 0 Å². The lowest BCUT2D eigenvalue weighted by Gasteiger charge is -2.16. The van der Waals surface area contributed by atoms with E-state index in [9.17, 15) is 4.79 Å². The molecule has 0 fully saturated rings. The minimum atomic E-state index is -0.145. The van der Waals surface area contributed by atoms with Gasteiger partial charge in [0.15, 0.2) is 0 Å². The highest BCUT2D eigenvalue weighted by atomic mass is 16.5. The van der Waals surface area contributed by atoms with Crippen molar-refractivity contribution in [3.63, 3.8) is 0 Å². The Morgan fingerprint density at radius 1 is 1.07 bits per heavy atom. The molecule has 2 aromatic rings. The minimum absolute atomic E-state index is 0.0722. The predicted molar refractivity (Wildman–Crippen MR) is 115 cm³/mol. The number of nitrogens with one attached hydrogen (secondary N) is 1. The summed E-state index contributed by atoms with van der Waals surface area (Å²) in [7, 11) is 1.53. The monoisotopic (exact) mass is 387 g/mol. The Morgan fingerprint density at radius 3 is 2.39 bits per heavy atom. The largest absolute Gasteiger partial charge is 0.375 e. The number of aryl methyl sites for hydroxylation is 1. The SMILES string of the molecule is CCCCCCCCCCCn1c(C(C)NC(=O)COC)nc2ccccc21. The molecular formula is C23H37N3O2. The van der Waals surface area contributed by atoms with Crippen LogP contribution in [0.2, 0.25) is 0 Å². The number of imidazole rings is 1. The number of methoxy groups -OCH3 is 1. The van der Waals surface area contributed by atoms with E-state index in [-0.39, 0.29) is 18.6 Å². The van der Waals surface area contributed by atoms with Crippen LogP contribution in [-0.4, -0.2) is 29.2 Å². The molecule has 0 saturated heterocycles. The summed E-state index contributed by atoms with van der Waals surface area (Å²) in [6, 6.07) is 8.07. The van der Waals surface area contributed by atoms with Crippen LogP contribution >= 0.6 is 0 Å². The Bertz CT molecular complexity index is 711. The molecule has 156 valence electrons. The lowest BCUT2D eigenvalue weighted by molar-refractivity contribution is -0.125. The van der Waals surface area contributed by atoms with Gasteiger partial charge in [0, 0.05) is 13.7 Å². The lowest BCUT2D eigenvalue weighted by atomic mass is 10.1. The van der Waals surface area contributed by atoms with E-state index in [0.717, 1.165) is 29.8 Å². The van der Waals surface area contributed by atoms with Crippen molar-refractivity contribution < 1.29 is 9.53 Å². The van der Waals surface area contributed by atoms with Crippen LogP contribution in [-0.2, 0) is 16.1 Å². The minimum Gasteiger partial charge on any atom is -0.375 e. The molecule has 0 aliphatic heterocycles. The Balaban J connectivity index is 1.90. The molecule has 1 aromatic heterocycles. The number of hydrogen-bond acceptors (Lipinski definition) is 3. The molecule has 1 heterocycles. The fourth-order valence-corrected chi connectivity index (χ4v) is 3.72. The number of nitrogens with zero attached hydrogens (tertiary/aromatic N) is 2. The zero-order valence-electron chi connectivity index (χ0n) is 17.9. The number of rotatable bonds is 14. The van der Waals surface area contributed by atoms with Gasteiger partial charge in [0.2, 0.25) is 5.91 Å². The summed E-state index contributed by atoms with van der Waals surface area (Å²) >= 11 is 0. The molecule has 2 rings (SSSR count). The lowest BCUT2D eigenvalue weighted by Crippen LogP contribution is -2.31. The first-order chi connectivity index (χ1) is 13.7. The quantitative estimate of drug-likeness (QED) is 0.442. The van der Waals surface area contributed by atoms with Crippen LogP contribution < -0.4 is 5.32 Å². The number of fused-ring (bicyclic) bond motifs is 1. The van der Waals surface area contributed by atoms with E-state index in [1.165, 1.54) is 58.5 Å². The second-order valence-corrected chi connectivity index (χ2v) is 7.66. The Hall–Kier alpha value is -1.88. The van der Waals surface area contributed by atoms with Crippen molar-refractivity contribution in [1.29, 1.82) is 0 Å². The van der Waals surface area contributed by atoms with E-state index < -0.39 is 0 Å². The molecule has 0 aliphatic rings. The molecule has 1 atom stereocenters. The second-order valence-electron chi connectivity index (χ2n) is 7.66. The predicted octanol–water partition coefficient (Wildman–Crippen LogP) is 5.39. The maximum atomic E-state index is 11.9. The molecule has 1 unspecified atom stereocenters. The van der Waals surface area contributed by atoms with Crippen molar-refractivity contribution in [2.75, 3.05) is 13.7 Å². The highest BCUT2D eigenvalue weighted by molar-refractivity contribution is 5.78. The van der Waals surface area contributed by atoms with Gasteiger partial charge in [-0.25, -0.2) is 4.98 Å². The Morgan fingerprint density at radius 2 is 1.71 bits per heavy atom. The normalized spacial score (nSPS) is 12.4. The second kappa shape index (κ2) is 12.6. The molecule has 5 nitrogen and oxygen atoms in total. The molecule has 0 bridgehead atoms. The number of carbonyl (C=O) groups excluding carboxylic acids is 1. The number of ether oxygens (including phenoxy) is 1. The van der Waals surface area contributed by atoms with Crippen LogP contribution in [0.15, 0.2) is 24.3 Å². The number of unbranched alkanes of at least 4 members (excludes halogenated alkanes) is 8. The molecule has 0 radical (unpaired) electrons. The van der Waals surface area contributed by atoms with Gasteiger partial charge in [0.25, 0.3) is 0 Å². The molecule has 5 heteroatoms. The van der Waals surface area contributed by atoms with Gasteiger partial charge in [-0.1, -0.05) is 70.4 Å². The van der Waals surface area contributed by atoms with Crippen molar-refractivity contribution in [2.45, 2.75) is 84.2 Å². The zero-order chi connectivity index (χ0) is 20.2. The highest BCUT2D eigenvalue weighted by Gasteiger charge is 2.18. The van der Waals surface area contributed by atoms with Gasteiger partial charge in [-0.2, -0.15) is 0 Å². The number of para-hydroxylation sites is 2. The van der Waals surface area contributed by atoms with E-state index in [4.69, 9.17) is 9.72 Å². The fourth-order valence-electron chi connectivity index (χ4n) is 3.72. The van der Waals surface area contributed by atoms with E-state index in [2.05, 4.69) is 28.9 Å². The fraction of sp³-hybridized carbons (Fsp3) is 0.652. The molecule has 0 aliphatic carbocycles. The average Bonchev–Trinajstić information content (AvgIpc) is 3.06.